The second kappa shape index (κ2) is 4.57. The van der Waals surface area contributed by atoms with Gasteiger partial charge in [0.25, 0.3) is 0 Å². The maximum Gasteiger partial charge on any atom is 0.223 e. The first kappa shape index (κ1) is 12.0. The Bertz CT molecular complexity index is 430. The molecule has 1 aromatic heterocycles. The van der Waals surface area contributed by atoms with E-state index in [1.807, 2.05) is 0 Å². The van der Waals surface area contributed by atoms with Crippen molar-refractivity contribution < 1.29 is 0 Å². The summed E-state index contributed by atoms with van der Waals surface area (Å²) in [4.78, 5) is 10.3. The smallest absolute Gasteiger partial charge is 0.223 e. The van der Waals surface area contributed by atoms with Gasteiger partial charge in [-0.2, -0.15) is 4.98 Å². The number of anilines is 2. The van der Waals surface area contributed by atoms with Gasteiger partial charge in [0, 0.05) is 19.7 Å². The fraction of sp³-hybridized carbons (Fsp3) is 0.692. The topological polar surface area (TPSA) is 55.0 Å². The summed E-state index contributed by atoms with van der Waals surface area (Å²) in [6, 6.07) is 1.78. The lowest BCUT2D eigenvalue weighted by molar-refractivity contribution is 0.337. The molecule has 2 N–H and O–H groups in total. The van der Waals surface area contributed by atoms with Gasteiger partial charge < -0.3 is 10.6 Å². The van der Waals surface area contributed by atoms with Crippen molar-refractivity contribution in [3.63, 3.8) is 0 Å². The SMILES string of the molecule is CN(CC1CC2CCC1C2)c1cc(Cl)nc(N)n1. The Morgan fingerprint density at radius 3 is 2.83 bits per heavy atom. The van der Waals surface area contributed by atoms with Crippen LogP contribution in [-0.4, -0.2) is 23.6 Å². The fourth-order valence-corrected chi connectivity index (χ4v) is 3.85. The first-order valence-corrected chi connectivity index (χ1v) is 7.01. The van der Waals surface area contributed by atoms with Crippen molar-refractivity contribution >= 4 is 23.4 Å². The van der Waals surface area contributed by atoms with E-state index in [1.165, 1.54) is 25.7 Å². The number of aromatic nitrogens is 2. The summed E-state index contributed by atoms with van der Waals surface area (Å²) in [5, 5.41) is 0.414. The van der Waals surface area contributed by atoms with Crippen molar-refractivity contribution in [3.8, 4) is 0 Å². The van der Waals surface area contributed by atoms with E-state index in [0.29, 0.717) is 5.15 Å². The van der Waals surface area contributed by atoms with Crippen LogP contribution >= 0.6 is 11.6 Å². The summed E-state index contributed by atoms with van der Waals surface area (Å²) in [7, 11) is 2.06. The summed E-state index contributed by atoms with van der Waals surface area (Å²) in [6.45, 7) is 1.05. The van der Waals surface area contributed by atoms with Crippen LogP contribution in [-0.2, 0) is 0 Å². The summed E-state index contributed by atoms with van der Waals surface area (Å²) in [6.07, 6.45) is 5.67. The first-order chi connectivity index (χ1) is 8.61. The van der Waals surface area contributed by atoms with E-state index in [0.717, 1.165) is 30.1 Å². The van der Waals surface area contributed by atoms with Crippen LogP contribution in [0.4, 0.5) is 11.8 Å². The zero-order valence-corrected chi connectivity index (χ0v) is 11.4. The van der Waals surface area contributed by atoms with Gasteiger partial charge in [0.05, 0.1) is 0 Å². The molecule has 0 aliphatic heterocycles. The van der Waals surface area contributed by atoms with Gasteiger partial charge in [-0.3, -0.25) is 0 Å². The predicted molar refractivity (Wildman–Crippen MR) is 73.7 cm³/mol. The van der Waals surface area contributed by atoms with E-state index in [4.69, 9.17) is 17.3 Å². The zero-order valence-electron chi connectivity index (χ0n) is 10.6. The van der Waals surface area contributed by atoms with Crippen molar-refractivity contribution in [2.24, 2.45) is 17.8 Å². The third kappa shape index (κ3) is 2.26. The van der Waals surface area contributed by atoms with Crippen LogP contribution in [0.2, 0.25) is 5.15 Å². The Balaban J connectivity index is 1.69. The molecule has 0 amide bonds. The zero-order chi connectivity index (χ0) is 12.7. The van der Waals surface area contributed by atoms with Crippen LogP contribution in [0, 0.1) is 17.8 Å². The molecule has 0 saturated heterocycles. The third-order valence-electron chi connectivity index (χ3n) is 4.48. The van der Waals surface area contributed by atoms with Gasteiger partial charge in [-0.15, -0.1) is 0 Å². The largest absolute Gasteiger partial charge is 0.368 e. The number of nitrogens with zero attached hydrogens (tertiary/aromatic N) is 3. The lowest BCUT2D eigenvalue weighted by Gasteiger charge is -2.27. The second-order valence-corrected chi connectivity index (χ2v) is 6.11. The molecule has 18 heavy (non-hydrogen) atoms. The van der Waals surface area contributed by atoms with Crippen molar-refractivity contribution in [2.75, 3.05) is 24.2 Å². The van der Waals surface area contributed by atoms with Crippen LogP contribution in [0.1, 0.15) is 25.7 Å². The molecule has 2 aliphatic rings. The van der Waals surface area contributed by atoms with Gasteiger partial charge in [-0.25, -0.2) is 4.98 Å². The van der Waals surface area contributed by atoms with Gasteiger partial charge in [0.2, 0.25) is 5.95 Å². The molecule has 5 heteroatoms. The van der Waals surface area contributed by atoms with E-state index in [9.17, 15) is 0 Å². The highest BCUT2D eigenvalue weighted by Crippen LogP contribution is 2.48. The predicted octanol–water partition coefficient (Wildman–Crippen LogP) is 2.58. The van der Waals surface area contributed by atoms with Gasteiger partial charge in [-0.05, 0) is 37.0 Å². The molecule has 0 aromatic carbocycles. The van der Waals surface area contributed by atoms with E-state index in [2.05, 4.69) is 21.9 Å². The van der Waals surface area contributed by atoms with Crippen LogP contribution in [0.3, 0.4) is 0 Å². The summed E-state index contributed by atoms with van der Waals surface area (Å²) in [5.41, 5.74) is 5.63. The molecule has 2 saturated carbocycles. The Morgan fingerprint density at radius 1 is 1.39 bits per heavy atom. The third-order valence-corrected chi connectivity index (χ3v) is 4.68. The quantitative estimate of drug-likeness (QED) is 0.855. The Kier molecular flexibility index (Phi) is 3.06. The van der Waals surface area contributed by atoms with Gasteiger partial charge >= 0.3 is 0 Å². The van der Waals surface area contributed by atoms with E-state index < -0.39 is 0 Å². The van der Waals surface area contributed by atoms with E-state index in [1.54, 1.807) is 6.07 Å². The molecule has 2 fully saturated rings. The number of hydrogen-bond acceptors (Lipinski definition) is 4. The van der Waals surface area contributed by atoms with E-state index in [-0.39, 0.29) is 5.95 Å². The minimum absolute atomic E-state index is 0.247. The molecular formula is C13H19ClN4. The van der Waals surface area contributed by atoms with E-state index >= 15 is 0 Å². The maximum absolute atomic E-state index is 5.92. The molecule has 1 heterocycles. The molecule has 3 atom stereocenters. The highest BCUT2D eigenvalue weighted by molar-refractivity contribution is 6.29. The summed E-state index contributed by atoms with van der Waals surface area (Å²) >= 11 is 5.92. The van der Waals surface area contributed by atoms with Crippen molar-refractivity contribution in [1.82, 2.24) is 9.97 Å². The highest BCUT2D eigenvalue weighted by Gasteiger charge is 2.39. The standard InChI is InChI=1S/C13H19ClN4/c1-18(12-6-11(14)16-13(15)17-12)7-10-5-8-2-3-9(10)4-8/h6,8-10H,2-5,7H2,1H3,(H2,15,16,17). The average molecular weight is 267 g/mol. The summed E-state index contributed by atoms with van der Waals surface area (Å²) < 4.78 is 0. The second-order valence-electron chi connectivity index (χ2n) is 5.72. The van der Waals surface area contributed by atoms with Crippen LogP contribution in [0.25, 0.3) is 0 Å². The Hall–Kier alpha value is -1.03. The van der Waals surface area contributed by atoms with Crippen molar-refractivity contribution in [1.29, 1.82) is 0 Å². The number of nitrogens with two attached hydrogens (primary N) is 1. The van der Waals surface area contributed by atoms with Crippen LogP contribution < -0.4 is 10.6 Å². The fourth-order valence-electron chi connectivity index (χ4n) is 3.66. The number of nitrogen functional groups attached to an aromatic ring is 1. The molecule has 3 unspecified atom stereocenters. The van der Waals surface area contributed by atoms with Crippen LogP contribution in [0.15, 0.2) is 6.07 Å². The lowest BCUT2D eigenvalue weighted by atomic mass is 9.88. The minimum Gasteiger partial charge on any atom is -0.368 e. The number of halogens is 1. The molecule has 1 aromatic rings. The molecule has 3 rings (SSSR count). The molecule has 98 valence electrons. The highest BCUT2D eigenvalue weighted by atomic mass is 35.5. The molecule has 0 radical (unpaired) electrons. The number of fused-ring (bicyclic) bond motifs is 2. The lowest BCUT2D eigenvalue weighted by Crippen LogP contribution is -2.29. The van der Waals surface area contributed by atoms with Gasteiger partial charge in [-0.1, -0.05) is 18.0 Å². The van der Waals surface area contributed by atoms with Gasteiger partial charge in [0.15, 0.2) is 0 Å². The molecule has 2 bridgehead atoms. The normalized spacial score (nSPS) is 29.8. The molecule has 2 aliphatic carbocycles. The number of rotatable bonds is 3. The van der Waals surface area contributed by atoms with Crippen molar-refractivity contribution in [3.05, 3.63) is 11.2 Å². The van der Waals surface area contributed by atoms with Crippen LogP contribution in [0.5, 0.6) is 0 Å². The Morgan fingerprint density at radius 2 is 2.22 bits per heavy atom. The average Bonchev–Trinajstić information content (AvgIpc) is 2.89. The maximum atomic E-state index is 5.92. The molecule has 4 nitrogen and oxygen atoms in total. The monoisotopic (exact) mass is 266 g/mol. The number of hydrogen-bond donors (Lipinski definition) is 1. The first-order valence-electron chi connectivity index (χ1n) is 6.63. The molecular weight excluding hydrogens is 248 g/mol. The van der Waals surface area contributed by atoms with Crippen molar-refractivity contribution in [2.45, 2.75) is 25.7 Å². The summed E-state index contributed by atoms with van der Waals surface area (Å²) in [5.74, 6) is 3.79. The Labute approximate surface area is 113 Å². The molecule has 0 spiro atoms. The van der Waals surface area contributed by atoms with Gasteiger partial charge in [0.1, 0.15) is 11.0 Å². The minimum atomic E-state index is 0.247.